The first kappa shape index (κ1) is 19.7. The normalized spacial score (nSPS) is 11.8. The van der Waals surface area contributed by atoms with Crippen LogP contribution in [0.3, 0.4) is 0 Å². The monoisotopic (exact) mass is 336 g/mol. The average Bonchev–Trinajstić information content (AvgIpc) is 2.37. The van der Waals surface area contributed by atoms with Gasteiger partial charge >= 0.3 is 0 Å². The molecule has 0 N–H and O–H groups in total. The van der Waals surface area contributed by atoms with Crippen LogP contribution in [0.25, 0.3) is 0 Å². The summed E-state index contributed by atoms with van der Waals surface area (Å²) in [5.74, 6) is -1.88. The second-order valence-electron chi connectivity index (χ2n) is 4.59. The van der Waals surface area contributed by atoms with E-state index in [4.69, 9.17) is 0 Å². The van der Waals surface area contributed by atoms with Crippen LogP contribution in [0.5, 0.6) is 0 Å². The molecule has 0 bridgehead atoms. The molecule has 0 aliphatic carbocycles. The van der Waals surface area contributed by atoms with E-state index in [1.54, 1.807) is 0 Å². The summed E-state index contributed by atoms with van der Waals surface area (Å²) < 4.78 is 44.4. The van der Waals surface area contributed by atoms with E-state index in [1.807, 2.05) is 0 Å². The highest BCUT2D eigenvalue weighted by molar-refractivity contribution is 7.95. The number of rotatable bonds is 12. The van der Waals surface area contributed by atoms with Gasteiger partial charge in [-0.3, -0.25) is 9.59 Å². The lowest BCUT2D eigenvalue weighted by Gasteiger charge is -2.01. The van der Waals surface area contributed by atoms with E-state index >= 15 is 0 Å². The van der Waals surface area contributed by atoms with Crippen molar-refractivity contribution in [2.75, 3.05) is 11.5 Å². The van der Waals surface area contributed by atoms with E-state index in [0.29, 0.717) is 19.3 Å². The van der Waals surface area contributed by atoms with Gasteiger partial charge in [0.2, 0.25) is 0 Å². The fourth-order valence-electron chi connectivity index (χ4n) is 1.53. The van der Waals surface area contributed by atoms with E-state index in [2.05, 4.69) is 13.2 Å². The summed E-state index contributed by atoms with van der Waals surface area (Å²) in [7, 11) is -7.03. The smallest absolute Gasteiger partial charge is 0.178 e. The van der Waals surface area contributed by atoms with Crippen molar-refractivity contribution in [3.8, 4) is 0 Å². The molecule has 0 aromatic heterocycles. The summed E-state index contributed by atoms with van der Waals surface area (Å²) in [6, 6.07) is 0. The van der Waals surface area contributed by atoms with Gasteiger partial charge < -0.3 is 0 Å². The topological polar surface area (TPSA) is 102 Å². The third-order valence-corrected chi connectivity index (χ3v) is 5.11. The third kappa shape index (κ3) is 10.1. The van der Waals surface area contributed by atoms with Crippen LogP contribution in [0, 0.1) is 0 Å². The summed E-state index contributed by atoms with van der Waals surface area (Å²) >= 11 is 0. The Kier molecular flexibility index (Phi) is 8.34. The Labute approximate surface area is 125 Å². The zero-order valence-electron chi connectivity index (χ0n) is 11.8. The Morgan fingerprint density at radius 3 is 1.33 bits per heavy atom. The van der Waals surface area contributed by atoms with Crippen LogP contribution >= 0.6 is 0 Å². The maximum atomic E-state index is 11.4. The summed E-state index contributed by atoms with van der Waals surface area (Å²) in [6.07, 6.45) is 1.72. The molecular formula is C13H20O6S2. The average molecular weight is 336 g/mol. The number of Topliss-reactive ketones (excluding diaryl/α,β-unsaturated/α-hetero) is 2. The van der Waals surface area contributed by atoms with Crippen molar-refractivity contribution in [3.63, 3.8) is 0 Å². The number of unbranched alkanes of at least 4 members (excludes halogenated alkanes) is 2. The molecule has 0 saturated carbocycles. The summed E-state index contributed by atoms with van der Waals surface area (Å²) in [4.78, 5) is 22.7. The molecule has 0 aliphatic heterocycles. The quantitative estimate of drug-likeness (QED) is 0.496. The minimum absolute atomic E-state index is 0.117. The minimum Gasteiger partial charge on any atom is -0.299 e. The molecule has 0 fully saturated rings. The Bertz CT molecular complexity index is 545. The fraction of sp³-hybridized carbons (Fsp3) is 0.538. The Hall–Kier alpha value is -1.28. The van der Waals surface area contributed by atoms with Gasteiger partial charge in [-0.05, 0) is 12.8 Å². The van der Waals surface area contributed by atoms with Gasteiger partial charge in [0.05, 0.1) is 0 Å². The summed E-state index contributed by atoms with van der Waals surface area (Å²) in [6.45, 7) is 6.23. The standard InChI is InChI=1S/C13H20O6S2/c1-3-20(16,17)10-12(14)8-6-5-7-9-13(15)11-21(18,19)4-2/h3-4H,1-2,5-11H2. The van der Waals surface area contributed by atoms with Crippen molar-refractivity contribution in [2.24, 2.45) is 0 Å². The number of carbonyl (C=O) groups is 2. The molecular weight excluding hydrogens is 316 g/mol. The van der Waals surface area contributed by atoms with E-state index in [1.165, 1.54) is 0 Å². The lowest BCUT2D eigenvalue weighted by molar-refractivity contribution is -0.117. The van der Waals surface area contributed by atoms with Crippen LogP contribution in [0.4, 0.5) is 0 Å². The van der Waals surface area contributed by atoms with Gasteiger partial charge in [0.15, 0.2) is 19.7 Å². The Morgan fingerprint density at radius 2 is 1.05 bits per heavy atom. The van der Waals surface area contributed by atoms with Crippen LogP contribution in [-0.2, 0) is 29.3 Å². The molecule has 0 unspecified atom stereocenters. The number of ketones is 2. The van der Waals surface area contributed by atoms with E-state index < -0.39 is 42.7 Å². The second-order valence-corrected chi connectivity index (χ2v) is 8.48. The van der Waals surface area contributed by atoms with Crippen molar-refractivity contribution in [1.29, 1.82) is 0 Å². The molecule has 0 aromatic carbocycles. The number of sulfone groups is 2. The molecule has 0 aromatic rings. The molecule has 0 saturated heterocycles. The van der Waals surface area contributed by atoms with Crippen LogP contribution < -0.4 is 0 Å². The maximum absolute atomic E-state index is 11.4. The highest BCUT2D eigenvalue weighted by Crippen LogP contribution is 2.07. The van der Waals surface area contributed by atoms with E-state index in [9.17, 15) is 26.4 Å². The minimum atomic E-state index is -3.51. The number of hydrogen-bond donors (Lipinski definition) is 0. The molecule has 0 heterocycles. The highest BCUT2D eigenvalue weighted by atomic mass is 32.2. The number of hydrogen-bond acceptors (Lipinski definition) is 6. The zero-order chi connectivity index (χ0) is 16.5. The van der Waals surface area contributed by atoms with Gasteiger partial charge in [-0.25, -0.2) is 16.8 Å². The van der Waals surface area contributed by atoms with Crippen LogP contribution in [-0.4, -0.2) is 39.9 Å². The first-order valence-electron chi connectivity index (χ1n) is 6.35. The van der Waals surface area contributed by atoms with E-state index in [-0.39, 0.29) is 12.8 Å². The molecule has 6 nitrogen and oxygen atoms in total. The van der Waals surface area contributed by atoms with Gasteiger partial charge in [-0.1, -0.05) is 19.6 Å². The van der Waals surface area contributed by atoms with Crippen molar-refractivity contribution in [3.05, 3.63) is 24.0 Å². The van der Waals surface area contributed by atoms with Gasteiger partial charge in [-0.2, -0.15) is 0 Å². The van der Waals surface area contributed by atoms with Gasteiger partial charge in [0, 0.05) is 23.7 Å². The highest BCUT2D eigenvalue weighted by Gasteiger charge is 2.14. The first-order chi connectivity index (χ1) is 9.62. The Morgan fingerprint density at radius 1 is 0.714 bits per heavy atom. The van der Waals surface area contributed by atoms with Crippen molar-refractivity contribution < 1.29 is 26.4 Å². The van der Waals surface area contributed by atoms with Crippen molar-refractivity contribution in [1.82, 2.24) is 0 Å². The molecule has 21 heavy (non-hydrogen) atoms. The van der Waals surface area contributed by atoms with Crippen molar-refractivity contribution >= 4 is 31.2 Å². The summed E-state index contributed by atoms with van der Waals surface area (Å²) in [5, 5.41) is 1.51. The third-order valence-electron chi connectivity index (χ3n) is 2.64. The first-order valence-corrected chi connectivity index (χ1v) is 9.79. The molecule has 0 amide bonds. The molecule has 0 spiro atoms. The van der Waals surface area contributed by atoms with Gasteiger partial charge in [0.25, 0.3) is 0 Å². The maximum Gasteiger partial charge on any atom is 0.178 e. The molecule has 0 atom stereocenters. The lowest BCUT2D eigenvalue weighted by atomic mass is 10.1. The summed E-state index contributed by atoms with van der Waals surface area (Å²) in [5.41, 5.74) is 0. The van der Waals surface area contributed by atoms with Gasteiger partial charge in [-0.15, -0.1) is 0 Å². The predicted molar refractivity (Wildman–Crippen MR) is 81.1 cm³/mol. The van der Waals surface area contributed by atoms with Crippen LogP contribution in [0.2, 0.25) is 0 Å². The van der Waals surface area contributed by atoms with Crippen LogP contribution in [0.15, 0.2) is 24.0 Å². The molecule has 120 valence electrons. The van der Waals surface area contributed by atoms with E-state index in [0.717, 1.165) is 10.8 Å². The lowest BCUT2D eigenvalue weighted by Crippen LogP contribution is -2.14. The molecule has 0 radical (unpaired) electrons. The predicted octanol–water partition coefficient (Wildman–Crippen LogP) is 1.19. The van der Waals surface area contributed by atoms with Crippen LogP contribution in [0.1, 0.15) is 32.1 Å². The molecule has 0 aliphatic rings. The Balaban J connectivity index is 3.88. The largest absolute Gasteiger partial charge is 0.299 e. The fourth-order valence-corrected chi connectivity index (χ4v) is 2.95. The van der Waals surface area contributed by atoms with Gasteiger partial charge in [0.1, 0.15) is 23.1 Å². The molecule has 0 rings (SSSR count). The zero-order valence-corrected chi connectivity index (χ0v) is 13.4. The second kappa shape index (κ2) is 8.89. The molecule has 8 heteroatoms. The SMILES string of the molecule is C=CS(=O)(=O)CC(=O)CCCCCC(=O)CS(=O)(=O)C=C. The van der Waals surface area contributed by atoms with Crippen molar-refractivity contribution in [2.45, 2.75) is 32.1 Å². The number of carbonyl (C=O) groups excluding carboxylic acids is 2.